The van der Waals surface area contributed by atoms with Crippen molar-refractivity contribution in [3.63, 3.8) is 0 Å². The van der Waals surface area contributed by atoms with Crippen molar-refractivity contribution in [2.45, 2.75) is 38.9 Å². The van der Waals surface area contributed by atoms with Crippen LogP contribution in [0.4, 0.5) is 0 Å². The zero-order valence-corrected chi connectivity index (χ0v) is 11.4. The van der Waals surface area contributed by atoms with E-state index in [-0.39, 0.29) is 0 Å². The zero-order valence-electron chi connectivity index (χ0n) is 11.4. The summed E-state index contributed by atoms with van der Waals surface area (Å²) < 4.78 is 2.08. The SMILES string of the molecule is CCn1nccc1CN1CCCC1c1cccnc1. The molecule has 0 aromatic carbocycles. The highest BCUT2D eigenvalue weighted by molar-refractivity contribution is 5.16. The van der Waals surface area contributed by atoms with Gasteiger partial charge in [-0.3, -0.25) is 14.6 Å². The summed E-state index contributed by atoms with van der Waals surface area (Å²) in [6.45, 7) is 5.22. The summed E-state index contributed by atoms with van der Waals surface area (Å²) in [7, 11) is 0. The molecule has 0 N–H and O–H groups in total. The summed E-state index contributed by atoms with van der Waals surface area (Å²) in [5.41, 5.74) is 2.64. The lowest BCUT2D eigenvalue weighted by Gasteiger charge is -2.24. The molecule has 2 aromatic heterocycles. The molecule has 0 bridgehead atoms. The third-order valence-electron chi connectivity index (χ3n) is 3.90. The molecule has 1 aliphatic heterocycles. The summed E-state index contributed by atoms with van der Waals surface area (Å²) in [6.07, 6.45) is 8.23. The van der Waals surface area contributed by atoms with E-state index >= 15 is 0 Å². The number of pyridine rings is 1. The molecule has 3 rings (SSSR count). The minimum absolute atomic E-state index is 0.508. The van der Waals surface area contributed by atoms with Crippen molar-refractivity contribution in [1.29, 1.82) is 0 Å². The van der Waals surface area contributed by atoms with Crippen LogP contribution in [0.1, 0.15) is 37.1 Å². The maximum absolute atomic E-state index is 4.35. The second kappa shape index (κ2) is 5.53. The van der Waals surface area contributed by atoms with E-state index in [9.17, 15) is 0 Å². The van der Waals surface area contributed by atoms with Crippen LogP contribution in [0, 0.1) is 0 Å². The van der Waals surface area contributed by atoms with E-state index in [1.54, 1.807) is 0 Å². The van der Waals surface area contributed by atoms with E-state index in [1.807, 2.05) is 24.7 Å². The lowest BCUT2D eigenvalue weighted by Crippen LogP contribution is -2.24. The van der Waals surface area contributed by atoms with Gasteiger partial charge in [-0.2, -0.15) is 5.10 Å². The molecular formula is C15H20N4. The average molecular weight is 256 g/mol. The van der Waals surface area contributed by atoms with E-state index < -0.39 is 0 Å². The summed E-state index contributed by atoms with van der Waals surface area (Å²) in [5.74, 6) is 0. The predicted octanol–water partition coefficient (Wildman–Crippen LogP) is 2.64. The summed E-state index contributed by atoms with van der Waals surface area (Å²) >= 11 is 0. The fraction of sp³-hybridized carbons (Fsp3) is 0.467. The molecular weight excluding hydrogens is 236 g/mol. The Bertz CT molecular complexity index is 520. The number of hydrogen-bond donors (Lipinski definition) is 0. The van der Waals surface area contributed by atoms with Gasteiger partial charge in [-0.05, 0) is 44.0 Å². The van der Waals surface area contributed by atoms with Gasteiger partial charge < -0.3 is 0 Å². The highest BCUT2D eigenvalue weighted by atomic mass is 15.3. The lowest BCUT2D eigenvalue weighted by atomic mass is 10.1. The molecule has 19 heavy (non-hydrogen) atoms. The van der Waals surface area contributed by atoms with Crippen LogP contribution >= 0.6 is 0 Å². The topological polar surface area (TPSA) is 34.0 Å². The molecule has 0 amide bonds. The zero-order chi connectivity index (χ0) is 13.1. The summed E-state index contributed by atoms with van der Waals surface area (Å²) in [5, 5.41) is 4.35. The van der Waals surface area contributed by atoms with Gasteiger partial charge in [0.15, 0.2) is 0 Å². The quantitative estimate of drug-likeness (QED) is 0.843. The second-order valence-electron chi connectivity index (χ2n) is 5.05. The number of nitrogens with zero attached hydrogens (tertiary/aromatic N) is 4. The summed E-state index contributed by atoms with van der Waals surface area (Å²) in [4.78, 5) is 6.79. The van der Waals surface area contributed by atoms with Gasteiger partial charge in [-0.15, -0.1) is 0 Å². The van der Waals surface area contributed by atoms with E-state index in [1.165, 1.54) is 24.1 Å². The molecule has 0 saturated carbocycles. The molecule has 100 valence electrons. The van der Waals surface area contributed by atoms with Crippen LogP contribution in [0.15, 0.2) is 36.8 Å². The number of rotatable bonds is 4. The number of likely N-dealkylation sites (tertiary alicyclic amines) is 1. The van der Waals surface area contributed by atoms with Crippen molar-refractivity contribution < 1.29 is 0 Å². The van der Waals surface area contributed by atoms with Crippen LogP contribution in [0.2, 0.25) is 0 Å². The smallest absolute Gasteiger partial charge is 0.0524 e. The molecule has 1 fully saturated rings. The Morgan fingerprint density at radius 3 is 3.05 bits per heavy atom. The highest BCUT2D eigenvalue weighted by Gasteiger charge is 2.26. The monoisotopic (exact) mass is 256 g/mol. The third kappa shape index (κ3) is 2.54. The van der Waals surface area contributed by atoms with E-state index in [0.29, 0.717) is 6.04 Å². The Hall–Kier alpha value is -1.68. The molecule has 0 radical (unpaired) electrons. The first-order chi connectivity index (χ1) is 9.38. The van der Waals surface area contributed by atoms with Crippen molar-refractivity contribution >= 4 is 0 Å². The first kappa shape index (κ1) is 12.4. The lowest BCUT2D eigenvalue weighted by molar-refractivity contribution is 0.240. The molecule has 1 atom stereocenters. The van der Waals surface area contributed by atoms with Crippen LogP contribution < -0.4 is 0 Å². The first-order valence-electron chi connectivity index (χ1n) is 7.03. The van der Waals surface area contributed by atoms with Gasteiger partial charge >= 0.3 is 0 Å². The minimum Gasteiger partial charge on any atom is -0.290 e. The van der Waals surface area contributed by atoms with Crippen molar-refractivity contribution in [3.8, 4) is 0 Å². The second-order valence-corrected chi connectivity index (χ2v) is 5.05. The number of hydrogen-bond acceptors (Lipinski definition) is 3. The Morgan fingerprint density at radius 2 is 2.26 bits per heavy atom. The number of aryl methyl sites for hydroxylation is 1. The number of aromatic nitrogens is 3. The van der Waals surface area contributed by atoms with Crippen LogP contribution in [-0.4, -0.2) is 26.2 Å². The molecule has 4 nitrogen and oxygen atoms in total. The van der Waals surface area contributed by atoms with Crippen molar-refractivity contribution in [2.75, 3.05) is 6.54 Å². The summed E-state index contributed by atoms with van der Waals surface area (Å²) in [6, 6.07) is 6.85. The molecule has 4 heteroatoms. The standard InChI is InChI=1S/C15H20N4/c1-2-19-14(7-9-17-19)12-18-10-4-6-15(18)13-5-3-8-16-11-13/h3,5,7-9,11,15H,2,4,6,10,12H2,1H3. The molecule has 1 aliphatic rings. The fourth-order valence-corrected chi connectivity index (χ4v) is 2.95. The molecule has 2 aromatic rings. The van der Waals surface area contributed by atoms with E-state index in [4.69, 9.17) is 0 Å². The van der Waals surface area contributed by atoms with Crippen molar-refractivity contribution in [2.24, 2.45) is 0 Å². The van der Waals surface area contributed by atoms with Gasteiger partial charge in [0.1, 0.15) is 0 Å². The van der Waals surface area contributed by atoms with Crippen molar-refractivity contribution in [1.82, 2.24) is 19.7 Å². The van der Waals surface area contributed by atoms with Crippen molar-refractivity contribution in [3.05, 3.63) is 48.0 Å². The first-order valence-corrected chi connectivity index (χ1v) is 7.03. The maximum Gasteiger partial charge on any atom is 0.0524 e. The van der Waals surface area contributed by atoms with Gasteiger partial charge in [0, 0.05) is 37.7 Å². The normalized spacial score (nSPS) is 19.9. The highest BCUT2D eigenvalue weighted by Crippen LogP contribution is 2.32. The van der Waals surface area contributed by atoms with Gasteiger partial charge in [-0.1, -0.05) is 6.07 Å². The maximum atomic E-state index is 4.35. The van der Waals surface area contributed by atoms with Crippen LogP contribution in [-0.2, 0) is 13.1 Å². The molecule has 1 unspecified atom stereocenters. The molecule has 3 heterocycles. The fourth-order valence-electron chi connectivity index (χ4n) is 2.95. The van der Waals surface area contributed by atoms with E-state index in [2.05, 4.69) is 38.7 Å². The van der Waals surface area contributed by atoms with Crippen LogP contribution in [0.25, 0.3) is 0 Å². The third-order valence-corrected chi connectivity index (χ3v) is 3.90. The van der Waals surface area contributed by atoms with Gasteiger partial charge in [-0.25, -0.2) is 0 Å². The van der Waals surface area contributed by atoms with Gasteiger partial charge in [0.25, 0.3) is 0 Å². The Morgan fingerprint density at radius 1 is 1.32 bits per heavy atom. The largest absolute Gasteiger partial charge is 0.290 e. The van der Waals surface area contributed by atoms with E-state index in [0.717, 1.165) is 19.6 Å². The Labute approximate surface area is 114 Å². The average Bonchev–Trinajstić information content (AvgIpc) is 3.09. The molecule has 0 spiro atoms. The van der Waals surface area contributed by atoms with Crippen LogP contribution in [0.5, 0.6) is 0 Å². The Balaban J connectivity index is 1.77. The minimum atomic E-state index is 0.508. The van der Waals surface area contributed by atoms with Gasteiger partial charge in [0.05, 0.1) is 5.69 Å². The molecule has 1 saturated heterocycles. The van der Waals surface area contributed by atoms with Gasteiger partial charge in [0.2, 0.25) is 0 Å². The molecule has 0 aliphatic carbocycles. The Kier molecular flexibility index (Phi) is 3.60. The predicted molar refractivity (Wildman–Crippen MR) is 74.5 cm³/mol. The van der Waals surface area contributed by atoms with Crippen LogP contribution in [0.3, 0.4) is 0 Å².